The van der Waals surface area contributed by atoms with Gasteiger partial charge in [-0.15, -0.1) is 24.0 Å². The number of amides is 1. The van der Waals surface area contributed by atoms with E-state index in [4.69, 9.17) is 0 Å². The van der Waals surface area contributed by atoms with E-state index in [0.717, 1.165) is 32.4 Å². The Morgan fingerprint density at radius 3 is 2.25 bits per heavy atom. The Labute approximate surface area is 205 Å². The Balaban J connectivity index is 0.00000363. The number of hydrogen-bond acceptors (Lipinski definition) is 2. The maximum atomic E-state index is 12.8. The largest absolute Gasteiger partial charge is 0.391 e. The second-order valence-corrected chi connectivity index (χ2v) is 8.67. The second-order valence-electron chi connectivity index (χ2n) is 8.67. The van der Waals surface area contributed by atoms with Gasteiger partial charge in [-0.3, -0.25) is 9.79 Å². The van der Waals surface area contributed by atoms with Crippen LogP contribution in [0.25, 0.3) is 0 Å². The quantitative estimate of drug-likeness (QED) is 0.316. The fourth-order valence-electron chi connectivity index (χ4n) is 4.56. The summed E-state index contributed by atoms with van der Waals surface area (Å²) in [5.41, 5.74) is 1.34. The van der Waals surface area contributed by atoms with Crippen LogP contribution in [-0.2, 0) is 11.2 Å². The Hall–Kier alpha value is -1.52. The normalized spacial score (nSPS) is 22.8. The van der Waals surface area contributed by atoms with Crippen molar-refractivity contribution in [3.05, 3.63) is 35.9 Å². The standard InChI is InChI=1S/C23H33F3N4O.HI/c1-27-22(29-20-9-7-19(8-10-20)23(24,25)26)28-16-21(31)30-13-11-18(12-14-30)15-17-5-3-2-4-6-17;/h2-6,18-20H,7-16H2,1H3,(H2,27,28,29);1H. The second kappa shape index (κ2) is 12.6. The lowest BCUT2D eigenvalue weighted by molar-refractivity contribution is -0.182. The van der Waals surface area contributed by atoms with Crippen molar-refractivity contribution in [1.82, 2.24) is 15.5 Å². The van der Waals surface area contributed by atoms with Crippen molar-refractivity contribution in [2.45, 2.75) is 57.2 Å². The van der Waals surface area contributed by atoms with Crippen LogP contribution >= 0.6 is 24.0 Å². The third kappa shape index (κ3) is 8.12. The number of carbonyl (C=O) groups excluding carboxylic acids is 1. The lowest BCUT2D eigenvalue weighted by atomic mass is 9.85. The van der Waals surface area contributed by atoms with Gasteiger partial charge in [-0.2, -0.15) is 13.2 Å². The summed E-state index contributed by atoms with van der Waals surface area (Å²) in [7, 11) is 1.61. The molecule has 2 N–H and O–H groups in total. The molecule has 1 aromatic carbocycles. The number of nitrogens with one attached hydrogen (secondary N) is 2. The number of piperidine rings is 1. The van der Waals surface area contributed by atoms with Gasteiger partial charge in [-0.25, -0.2) is 0 Å². The zero-order chi connectivity index (χ0) is 22.3. The molecule has 2 fully saturated rings. The Bertz CT molecular complexity index is 729. The summed E-state index contributed by atoms with van der Waals surface area (Å²) in [6.45, 7) is 1.65. The van der Waals surface area contributed by atoms with Crippen molar-refractivity contribution in [1.29, 1.82) is 0 Å². The summed E-state index contributed by atoms with van der Waals surface area (Å²) in [6, 6.07) is 10.4. The molecule has 1 saturated heterocycles. The first-order valence-corrected chi connectivity index (χ1v) is 11.2. The third-order valence-electron chi connectivity index (χ3n) is 6.50. The molecule has 1 aliphatic heterocycles. The SMILES string of the molecule is CN=C(NCC(=O)N1CCC(Cc2ccccc2)CC1)NC1CCC(C(F)(F)F)CC1.I. The van der Waals surface area contributed by atoms with Crippen LogP contribution < -0.4 is 10.6 Å². The Kier molecular flexibility index (Phi) is 10.6. The number of nitrogens with zero attached hydrogens (tertiary/aromatic N) is 2. The summed E-state index contributed by atoms with van der Waals surface area (Å²) in [5, 5.41) is 6.20. The molecule has 2 aliphatic rings. The Morgan fingerprint density at radius 2 is 1.69 bits per heavy atom. The maximum absolute atomic E-state index is 12.8. The van der Waals surface area contributed by atoms with Crippen LogP contribution in [0.1, 0.15) is 44.1 Å². The number of rotatable bonds is 5. The molecule has 0 radical (unpaired) electrons. The fourth-order valence-corrected chi connectivity index (χ4v) is 4.56. The molecule has 5 nitrogen and oxygen atoms in total. The fraction of sp³-hybridized carbons (Fsp3) is 0.652. The number of benzene rings is 1. The van der Waals surface area contributed by atoms with Crippen molar-refractivity contribution in [3.63, 3.8) is 0 Å². The predicted molar refractivity (Wildman–Crippen MR) is 131 cm³/mol. The van der Waals surface area contributed by atoms with Crippen LogP contribution in [0, 0.1) is 11.8 Å². The van der Waals surface area contributed by atoms with Gasteiger partial charge in [0.1, 0.15) is 0 Å². The van der Waals surface area contributed by atoms with E-state index in [-0.39, 0.29) is 55.3 Å². The lowest BCUT2D eigenvalue weighted by Crippen LogP contribution is -2.49. The molecular formula is C23H34F3IN4O. The predicted octanol–water partition coefficient (Wildman–Crippen LogP) is 4.37. The molecule has 0 atom stereocenters. The summed E-state index contributed by atoms with van der Waals surface area (Å²) in [5.74, 6) is -0.0998. The van der Waals surface area contributed by atoms with Gasteiger partial charge in [0, 0.05) is 26.2 Å². The van der Waals surface area contributed by atoms with Gasteiger partial charge < -0.3 is 15.5 Å². The maximum Gasteiger partial charge on any atom is 0.391 e. The number of guanidine groups is 1. The Morgan fingerprint density at radius 1 is 1.06 bits per heavy atom. The number of alkyl halides is 3. The highest BCUT2D eigenvalue weighted by molar-refractivity contribution is 14.0. The van der Waals surface area contributed by atoms with Crippen LogP contribution in [0.3, 0.4) is 0 Å². The molecule has 1 saturated carbocycles. The van der Waals surface area contributed by atoms with E-state index in [1.165, 1.54) is 5.56 Å². The molecule has 0 unspecified atom stereocenters. The van der Waals surface area contributed by atoms with Crippen molar-refractivity contribution < 1.29 is 18.0 Å². The minimum atomic E-state index is -4.11. The third-order valence-corrected chi connectivity index (χ3v) is 6.50. The first kappa shape index (κ1) is 26.7. The van der Waals surface area contributed by atoms with Crippen molar-refractivity contribution in [2.75, 3.05) is 26.7 Å². The topological polar surface area (TPSA) is 56.7 Å². The molecule has 0 bridgehead atoms. The van der Waals surface area contributed by atoms with Crippen LogP contribution in [0.5, 0.6) is 0 Å². The van der Waals surface area contributed by atoms with Gasteiger partial charge in [-0.1, -0.05) is 30.3 Å². The zero-order valence-electron chi connectivity index (χ0n) is 18.5. The average molecular weight is 566 g/mol. The first-order chi connectivity index (χ1) is 14.8. The number of carbonyl (C=O) groups is 1. The monoisotopic (exact) mass is 566 g/mol. The number of hydrogen-bond donors (Lipinski definition) is 2. The van der Waals surface area contributed by atoms with Crippen molar-refractivity contribution >= 4 is 35.8 Å². The number of halogens is 4. The van der Waals surface area contributed by atoms with E-state index in [9.17, 15) is 18.0 Å². The molecule has 1 aliphatic carbocycles. The number of likely N-dealkylation sites (tertiary alicyclic amines) is 1. The van der Waals surface area contributed by atoms with Crippen LogP contribution in [0.2, 0.25) is 0 Å². The summed E-state index contributed by atoms with van der Waals surface area (Å²) in [4.78, 5) is 18.6. The average Bonchev–Trinajstić information content (AvgIpc) is 2.77. The summed E-state index contributed by atoms with van der Waals surface area (Å²) < 4.78 is 38.5. The summed E-state index contributed by atoms with van der Waals surface area (Å²) in [6.07, 6.45) is 0.109. The molecule has 1 aromatic rings. The molecule has 3 rings (SSSR count). The van der Waals surface area contributed by atoms with E-state index in [1.807, 2.05) is 11.0 Å². The highest BCUT2D eigenvalue weighted by atomic mass is 127. The van der Waals surface area contributed by atoms with Crippen molar-refractivity contribution in [2.24, 2.45) is 16.8 Å². The van der Waals surface area contributed by atoms with E-state index in [1.54, 1.807) is 7.05 Å². The van der Waals surface area contributed by atoms with Gasteiger partial charge in [0.25, 0.3) is 0 Å². The highest BCUT2D eigenvalue weighted by Gasteiger charge is 2.41. The minimum Gasteiger partial charge on any atom is -0.354 e. The molecule has 180 valence electrons. The molecular weight excluding hydrogens is 532 g/mol. The lowest BCUT2D eigenvalue weighted by Gasteiger charge is -2.33. The zero-order valence-corrected chi connectivity index (χ0v) is 20.9. The van der Waals surface area contributed by atoms with Crippen molar-refractivity contribution in [3.8, 4) is 0 Å². The van der Waals surface area contributed by atoms with Gasteiger partial charge in [0.05, 0.1) is 12.5 Å². The van der Waals surface area contributed by atoms with E-state index >= 15 is 0 Å². The van der Waals surface area contributed by atoms with Gasteiger partial charge in [0.15, 0.2) is 5.96 Å². The molecule has 1 heterocycles. The van der Waals surface area contributed by atoms with E-state index in [0.29, 0.717) is 24.7 Å². The van der Waals surface area contributed by atoms with Crippen LogP contribution in [0.15, 0.2) is 35.3 Å². The first-order valence-electron chi connectivity index (χ1n) is 11.2. The van der Waals surface area contributed by atoms with Gasteiger partial charge in [0.2, 0.25) is 5.91 Å². The van der Waals surface area contributed by atoms with E-state index in [2.05, 4.69) is 39.9 Å². The van der Waals surface area contributed by atoms with E-state index < -0.39 is 12.1 Å². The van der Waals surface area contributed by atoms with Gasteiger partial charge >= 0.3 is 6.18 Å². The molecule has 32 heavy (non-hydrogen) atoms. The summed E-state index contributed by atoms with van der Waals surface area (Å²) >= 11 is 0. The van der Waals surface area contributed by atoms with Crippen LogP contribution in [0.4, 0.5) is 13.2 Å². The molecule has 0 aromatic heterocycles. The van der Waals surface area contributed by atoms with Gasteiger partial charge in [-0.05, 0) is 56.4 Å². The minimum absolute atomic E-state index is 0. The molecule has 9 heteroatoms. The number of aliphatic imine (C=N–C) groups is 1. The molecule has 0 spiro atoms. The highest BCUT2D eigenvalue weighted by Crippen LogP contribution is 2.37. The van der Waals surface area contributed by atoms with Crippen LogP contribution in [-0.4, -0.2) is 55.7 Å². The molecule has 1 amide bonds. The smallest absolute Gasteiger partial charge is 0.354 e.